The molecule has 0 aromatic rings. The van der Waals surface area contributed by atoms with Crippen molar-refractivity contribution in [2.24, 2.45) is 0 Å². The van der Waals surface area contributed by atoms with Gasteiger partial charge in [0.1, 0.15) is 0 Å². The van der Waals surface area contributed by atoms with E-state index in [4.69, 9.17) is 0 Å². The van der Waals surface area contributed by atoms with Crippen LogP contribution in [0.25, 0.3) is 0 Å². The molecule has 236 valence electrons. The third-order valence-electron chi connectivity index (χ3n) is 7.41. The monoisotopic (exact) mass is 630 g/mol. The van der Waals surface area contributed by atoms with Crippen molar-refractivity contribution in [1.82, 2.24) is 0 Å². The molecule has 0 atom stereocenters. The van der Waals surface area contributed by atoms with Crippen molar-refractivity contribution in [2.75, 3.05) is 24.6 Å². The van der Waals surface area contributed by atoms with Crippen LogP contribution in [0.2, 0.25) is 0 Å². The Balaban J connectivity index is -0.000000648. The van der Waals surface area contributed by atoms with E-state index in [0.29, 0.717) is 24.6 Å². The number of unbranched alkanes of at least 4 members (excludes halogenated alkanes) is 20. The fraction of sp³-hybridized carbons (Fsp3) is 1.00. The Hall–Kier alpha value is 0.912. The van der Waals surface area contributed by atoms with Crippen LogP contribution < -0.4 is 9.79 Å². The molecule has 7 heteroatoms. The molecule has 0 bridgehead atoms. The zero-order valence-corrected chi connectivity index (χ0v) is 29.8. The van der Waals surface area contributed by atoms with Crippen molar-refractivity contribution in [3.63, 3.8) is 0 Å². The van der Waals surface area contributed by atoms with Crippen molar-refractivity contribution in [1.29, 1.82) is 0 Å². The van der Waals surface area contributed by atoms with E-state index < -0.39 is 14.7 Å². The zero-order valence-electron chi connectivity index (χ0n) is 26.7. The van der Waals surface area contributed by atoms with Crippen LogP contribution in [0.15, 0.2) is 0 Å². The molecule has 0 saturated heterocycles. The summed E-state index contributed by atoms with van der Waals surface area (Å²) in [6, 6.07) is 0. The van der Waals surface area contributed by atoms with Gasteiger partial charge in [0.15, 0.2) is 0 Å². The Morgan fingerprint density at radius 1 is 0.333 bits per heavy atom. The second kappa shape index (κ2) is 33.4. The van der Waals surface area contributed by atoms with Gasteiger partial charge in [0.05, 0.1) is 0 Å². The number of hydrogen-bond acceptors (Lipinski definition) is 4. The predicted molar refractivity (Wildman–Crippen MR) is 168 cm³/mol. The maximum absolute atomic E-state index is 11.8. The normalized spacial score (nSPS) is 11.6. The number of rotatable bonds is 28. The van der Waals surface area contributed by atoms with Crippen LogP contribution >= 0.6 is 14.7 Å². The van der Waals surface area contributed by atoms with Gasteiger partial charge in [-0.15, -0.1) is 0 Å². The van der Waals surface area contributed by atoms with Gasteiger partial charge in [-0.25, -0.2) is 0 Å². The van der Waals surface area contributed by atoms with Crippen LogP contribution in [0.3, 0.4) is 0 Å². The summed E-state index contributed by atoms with van der Waals surface area (Å²) in [6.07, 6.45) is 29.6. The maximum Gasteiger partial charge on any atom is 2.00 e. The van der Waals surface area contributed by atoms with Crippen molar-refractivity contribution >= 4 is 14.7 Å². The minimum atomic E-state index is -3.05. The molecule has 0 aromatic heterocycles. The molecule has 0 fully saturated rings. The summed E-state index contributed by atoms with van der Waals surface area (Å²) >= 11 is 0. The molecule has 39 heavy (non-hydrogen) atoms. The Bertz CT molecular complexity index is 472. The van der Waals surface area contributed by atoms with E-state index in [1.54, 1.807) is 0 Å². The molecule has 0 aliphatic rings. The first kappa shape index (κ1) is 44.4. The molecule has 0 amide bonds. The van der Waals surface area contributed by atoms with Crippen molar-refractivity contribution < 1.29 is 36.3 Å². The average molecular weight is 631 g/mol. The number of hydrogen-bond donors (Lipinski definition) is 0. The molecule has 0 radical (unpaired) electrons. The van der Waals surface area contributed by atoms with E-state index in [2.05, 4.69) is 27.7 Å². The standard InChI is InChI=1S/2C16H35O2P.Cr/c2*1-3-5-7-9-11-13-15-19(17,18)16-14-12-10-8-6-4-2;/h2*3-16H2,1-2H3,(H,17,18);/q;;+2/p-2. The minimum absolute atomic E-state index is 0. The van der Waals surface area contributed by atoms with Gasteiger partial charge < -0.3 is 18.9 Å². The van der Waals surface area contributed by atoms with Crippen LogP contribution in [0.4, 0.5) is 0 Å². The van der Waals surface area contributed by atoms with Crippen LogP contribution in [0, 0.1) is 0 Å². The summed E-state index contributed by atoms with van der Waals surface area (Å²) in [5, 5.41) is 0. The van der Waals surface area contributed by atoms with E-state index in [9.17, 15) is 18.9 Å². The fourth-order valence-electron chi connectivity index (χ4n) is 4.76. The topological polar surface area (TPSA) is 80.3 Å². The molecular formula is C32H68CrO4P2. The quantitative estimate of drug-likeness (QED) is 0.0636. The Kier molecular flexibility index (Phi) is 38.0. The Labute approximate surface area is 256 Å². The molecule has 4 nitrogen and oxygen atoms in total. The van der Waals surface area contributed by atoms with Gasteiger partial charge in [0.25, 0.3) is 0 Å². The summed E-state index contributed by atoms with van der Waals surface area (Å²) < 4.78 is 23.7. The van der Waals surface area contributed by atoms with Crippen LogP contribution in [-0.4, -0.2) is 24.6 Å². The molecule has 0 aliphatic heterocycles. The average Bonchev–Trinajstić information content (AvgIpc) is 2.88. The summed E-state index contributed by atoms with van der Waals surface area (Å²) in [6.45, 7) is 8.80. The van der Waals surface area contributed by atoms with Crippen LogP contribution in [0.5, 0.6) is 0 Å². The van der Waals surface area contributed by atoms with Gasteiger partial charge in [0, 0.05) is 14.7 Å². The molecule has 0 saturated carbocycles. The van der Waals surface area contributed by atoms with E-state index in [-0.39, 0.29) is 17.4 Å². The van der Waals surface area contributed by atoms with Crippen molar-refractivity contribution in [3.8, 4) is 0 Å². The molecule has 0 rings (SSSR count). The first-order chi connectivity index (χ1) is 18.2. The second-order valence-electron chi connectivity index (χ2n) is 11.6. The summed E-state index contributed by atoms with van der Waals surface area (Å²) in [4.78, 5) is 23.7. The predicted octanol–water partition coefficient (Wildman–Crippen LogP) is 10.7. The fourth-order valence-corrected chi connectivity index (χ4v) is 8.02. The molecular weight excluding hydrogens is 562 g/mol. The first-order valence-electron chi connectivity index (χ1n) is 16.8. The Morgan fingerprint density at radius 2 is 0.487 bits per heavy atom. The maximum atomic E-state index is 11.8. The van der Waals surface area contributed by atoms with Gasteiger partial charge in [-0.3, -0.25) is 0 Å². The van der Waals surface area contributed by atoms with E-state index in [1.165, 1.54) is 103 Å². The van der Waals surface area contributed by atoms with Crippen LogP contribution in [-0.2, 0) is 26.5 Å². The zero-order chi connectivity index (χ0) is 28.8. The van der Waals surface area contributed by atoms with Gasteiger partial charge in [0.2, 0.25) is 0 Å². The summed E-state index contributed by atoms with van der Waals surface area (Å²) in [5.41, 5.74) is 0. The molecule has 0 N–H and O–H groups in total. The van der Waals surface area contributed by atoms with Gasteiger partial charge in [-0.1, -0.05) is 156 Å². The smallest absolute Gasteiger partial charge is 0.799 e. The van der Waals surface area contributed by atoms with Crippen molar-refractivity contribution in [3.05, 3.63) is 0 Å². The summed E-state index contributed by atoms with van der Waals surface area (Å²) in [7, 11) is -6.11. The van der Waals surface area contributed by atoms with Crippen molar-refractivity contribution in [2.45, 2.75) is 182 Å². The summed E-state index contributed by atoms with van der Waals surface area (Å²) in [5.74, 6) is 0. The second-order valence-corrected chi connectivity index (χ2v) is 16.6. The van der Waals surface area contributed by atoms with Crippen LogP contribution in [0.1, 0.15) is 182 Å². The van der Waals surface area contributed by atoms with Gasteiger partial charge in [-0.2, -0.15) is 0 Å². The third kappa shape index (κ3) is 38.9. The SMILES string of the molecule is CCCCCCCCP(=O)([O-])CCCCCCCC.CCCCCCCCP(=O)([O-])CCCCCCCC.[Cr+2]. The molecule has 0 unspecified atom stereocenters. The van der Waals surface area contributed by atoms with Gasteiger partial charge >= 0.3 is 17.4 Å². The molecule has 0 heterocycles. The third-order valence-corrected chi connectivity index (χ3v) is 11.4. The largest absolute Gasteiger partial charge is 2.00 e. The Morgan fingerprint density at radius 3 is 0.667 bits per heavy atom. The molecule has 0 spiro atoms. The van der Waals surface area contributed by atoms with E-state index in [0.717, 1.165) is 51.4 Å². The minimum Gasteiger partial charge on any atom is -0.799 e. The van der Waals surface area contributed by atoms with E-state index in [1.807, 2.05) is 0 Å². The molecule has 0 aliphatic carbocycles. The van der Waals surface area contributed by atoms with E-state index >= 15 is 0 Å². The van der Waals surface area contributed by atoms with Gasteiger partial charge in [-0.05, 0) is 50.3 Å². The first-order valence-corrected chi connectivity index (χ1v) is 20.8. The molecule has 0 aromatic carbocycles.